The molecular weight excluding hydrogens is 176 g/mol. The number of carbonyl (C=O) groups excluding carboxylic acids is 1. The average molecular weight is 184 g/mol. The van der Waals surface area contributed by atoms with E-state index in [1.54, 1.807) is 6.92 Å². The zero-order valence-electron chi connectivity index (χ0n) is 5.81. The van der Waals surface area contributed by atoms with Gasteiger partial charge in [0.05, 0.1) is 6.61 Å². The Balaban J connectivity index is 3.64. The van der Waals surface area contributed by atoms with Crippen LogP contribution in [0.4, 0.5) is 0 Å². The minimum absolute atomic E-state index is 0.133. The van der Waals surface area contributed by atoms with Gasteiger partial charge < -0.3 is 4.74 Å². The first-order chi connectivity index (χ1) is 4.95. The van der Waals surface area contributed by atoms with Gasteiger partial charge in [-0.15, -0.1) is 0 Å². The summed E-state index contributed by atoms with van der Waals surface area (Å²) in [6, 6.07) is 0. The molecular formula is C4H8O6S. The Morgan fingerprint density at radius 2 is 2.09 bits per heavy atom. The standard InChI is InChI=1S/C4H8O6S/c1-2-9-4(5)3-10-11(6,7)8/h2-3H2,1H3,(H,6,7,8). The molecule has 66 valence electrons. The van der Waals surface area contributed by atoms with Gasteiger partial charge in [0, 0.05) is 0 Å². The van der Waals surface area contributed by atoms with Gasteiger partial charge in [-0.05, 0) is 6.92 Å². The molecule has 0 unspecified atom stereocenters. The Morgan fingerprint density at radius 1 is 1.55 bits per heavy atom. The second-order valence-corrected chi connectivity index (χ2v) is 2.59. The summed E-state index contributed by atoms with van der Waals surface area (Å²) in [5.41, 5.74) is 0. The van der Waals surface area contributed by atoms with E-state index in [0.29, 0.717) is 0 Å². The van der Waals surface area contributed by atoms with Crippen molar-refractivity contribution in [3.8, 4) is 0 Å². The minimum Gasteiger partial charge on any atom is -0.464 e. The number of carbonyl (C=O) groups is 1. The third-order valence-corrected chi connectivity index (χ3v) is 1.05. The zero-order valence-corrected chi connectivity index (χ0v) is 6.63. The van der Waals surface area contributed by atoms with Crippen LogP contribution >= 0.6 is 0 Å². The third kappa shape index (κ3) is 7.23. The topological polar surface area (TPSA) is 89.9 Å². The molecule has 0 bridgehead atoms. The van der Waals surface area contributed by atoms with Crippen LogP contribution in [-0.4, -0.2) is 32.2 Å². The van der Waals surface area contributed by atoms with E-state index in [4.69, 9.17) is 4.55 Å². The number of hydrogen-bond donors (Lipinski definition) is 1. The van der Waals surface area contributed by atoms with E-state index in [1.165, 1.54) is 0 Å². The molecule has 0 aromatic rings. The first-order valence-electron chi connectivity index (χ1n) is 2.73. The highest BCUT2D eigenvalue weighted by Gasteiger charge is 2.09. The first-order valence-corrected chi connectivity index (χ1v) is 4.09. The van der Waals surface area contributed by atoms with E-state index < -0.39 is 23.0 Å². The summed E-state index contributed by atoms with van der Waals surface area (Å²) < 4.78 is 35.7. The predicted octanol–water partition coefficient (Wildman–Crippen LogP) is -0.631. The van der Waals surface area contributed by atoms with Crippen molar-refractivity contribution in [1.29, 1.82) is 0 Å². The molecule has 7 heteroatoms. The van der Waals surface area contributed by atoms with Gasteiger partial charge >= 0.3 is 16.4 Å². The van der Waals surface area contributed by atoms with E-state index >= 15 is 0 Å². The maximum absolute atomic E-state index is 10.4. The summed E-state index contributed by atoms with van der Waals surface area (Å²) in [7, 11) is -4.54. The van der Waals surface area contributed by atoms with Crippen molar-refractivity contribution in [2.75, 3.05) is 13.2 Å². The lowest BCUT2D eigenvalue weighted by molar-refractivity contribution is -0.145. The molecule has 0 aliphatic rings. The highest BCUT2D eigenvalue weighted by atomic mass is 32.3. The van der Waals surface area contributed by atoms with Gasteiger partial charge in [0.2, 0.25) is 0 Å². The lowest BCUT2D eigenvalue weighted by atomic mass is 10.7. The summed E-state index contributed by atoms with van der Waals surface area (Å²) in [6.45, 7) is 0.895. The van der Waals surface area contributed by atoms with E-state index in [9.17, 15) is 13.2 Å². The normalized spacial score (nSPS) is 11.1. The van der Waals surface area contributed by atoms with Crippen molar-refractivity contribution in [1.82, 2.24) is 0 Å². The van der Waals surface area contributed by atoms with Crippen LogP contribution in [0.25, 0.3) is 0 Å². The average Bonchev–Trinajstić information content (AvgIpc) is 1.83. The first kappa shape index (κ1) is 10.3. The number of esters is 1. The predicted molar refractivity (Wildman–Crippen MR) is 34.1 cm³/mol. The van der Waals surface area contributed by atoms with Gasteiger partial charge in [0.1, 0.15) is 0 Å². The molecule has 0 atom stereocenters. The Kier molecular flexibility index (Phi) is 4.01. The van der Waals surface area contributed by atoms with E-state index in [-0.39, 0.29) is 6.61 Å². The second-order valence-electron chi connectivity index (χ2n) is 1.49. The molecule has 0 saturated carbocycles. The fraction of sp³-hybridized carbons (Fsp3) is 0.750. The summed E-state index contributed by atoms with van der Waals surface area (Å²) in [5, 5.41) is 0. The van der Waals surface area contributed by atoms with Crippen molar-refractivity contribution >= 4 is 16.4 Å². The largest absolute Gasteiger partial charge is 0.464 e. The monoisotopic (exact) mass is 184 g/mol. The quantitative estimate of drug-likeness (QED) is 0.462. The van der Waals surface area contributed by atoms with E-state index in [2.05, 4.69) is 8.92 Å². The summed E-state index contributed by atoms with van der Waals surface area (Å²) >= 11 is 0. The smallest absolute Gasteiger partial charge is 0.397 e. The molecule has 0 heterocycles. The van der Waals surface area contributed by atoms with Crippen molar-refractivity contribution in [2.45, 2.75) is 6.92 Å². The zero-order chi connectivity index (χ0) is 8.91. The Morgan fingerprint density at radius 3 is 2.45 bits per heavy atom. The maximum atomic E-state index is 10.4. The van der Waals surface area contributed by atoms with Crippen LogP contribution in [0.2, 0.25) is 0 Å². The van der Waals surface area contributed by atoms with Crippen LogP contribution in [0.1, 0.15) is 6.92 Å². The van der Waals surface area contributed by atoms with Crippen LogP contribution < -0.4 is 0 Å². The van der Waals surface area contributed by atoms with Crippen LogP contribution in [0.5, 0.6) is 0 Å². The lowest BCUT2D eigenvalue weighted by Gasteiger charge is -1.99. The van der Waals surface area contributed by atoms with Gasteiger partial charge in [-0.2, -0.15) is 8.42 Å². The van der Waals surface area contributed by atoms with Gasteiger partial charge in [-0.25, -0.2) is 8.98 Å². The van der Waals surface area contributed by atoms with Gasteiger partial charge in [-0.3, -0.25) is 4.55 Å². The summed E-state index contributed by atoms with van der Waals surface area (Å²) in [5.74, 6) is -0.842. The molecule has 0 aliphatic carbocycles. The molecule has 0 saturated heterocycles. The van der Waals surface area contributed by atoms with Crippen LogP contribution in [0.3, 0.4) is 0 Å². The Hall–Kier alpha value is -0.660. The summed E-state index contributed by atoms with van der Waals surface area (Å²) in [4.78, 5) is 10.4. The molecule has 0 aliphatic heterocycles. The van der Waals surface area contributed by atoms with Crippen LogP contribution in [0.15, 0.2) is 0 Å². The highest BCUT2D eigenvalue weighted by molar-refractivity contribution is 7.80. The number of hydrogen-bond acceptors (Lipinski definition) is 5. The molecule has 0 radical (unpaired) electrons. The van der Waals surface area contributed by atoms with Gasteiger partial charge in [0.25, 0.3) is 0 Å². The van der Waals surface area contributed by atoms with Gasteiger partial charge in [-0.1, -0.05) is 0 Å². The molecule has 0 aromatic heterocycles. The number of ether oxygens (including phenoxy) is 1. The fourth-order valence-corrected chi connectivity index (χ4v) is 0.570. The van der Waals surface area contributed by atoms with Crippen LogP contribution in [-0.2, 0) is 24.1 Å². The van der Waals surface area contributed by atoms with Crippen molar-refractivity contribution in [3.63, 3.8) is 0 Å². The van der Waals surface area contributed by atoms with Crippen molar-refractivity contribution < 1.29 is 26.7 Å². The maximum Gasteiger partial charge on any atom is 0.397 e. The second kappa shape index (κ2) is 4.27. The van der Waals surface area contributed by atoms with E-state index in [0.717, 1.165) is 0 Å². The molecule has 1 N–H and O–H groups in total. The molecule has 0 amide bonds. The Labute approximate surface area is 64.1 Å². The molecule has 0 fully saturated rings. The highest BCUT2D eigenvalue weighted by Crippen LogP contribution is 1.87. The van der Waals surface area contributed by atoms with E-state index in [1.807, 2.05) is 0 Å². The molecule has 0 rings (SSSR count). The molecule has 0 spiro atoms. The van der Waals surface area contributed by atoms with Crippen molar-refractivity contribution in [3.05, 3.63) is 0 Å². The minimum atomic E-state index is -4.54. The fourth-order valence-electron chi connectivity index (χ4n) is 0.325. The molecule has 0 aromatic carbocycles. The Bertz CT molecular complexity index is 217. The molecule has 11 heavy (non-hydrogen) atoms. The SMILES string of the molecule is CCOC(=O)COS(=O)(=O)O. The molecule has 6 nitrogen and oxygen atoms in total. The summed E-state index contributed by atoms with van der Waals surface area (Å²) in [6.07, 6.45) is 0. The lowest BCUT2D eigenvalue weighted by Crippen LogP contribution is -2.15. The van der Waals surface area contributed by atoms with Crippen LogP contribution in [0, 0.1) is 0 Å². The van der Waals surface area contributed by atoms with Gasteiger partial charge in [0.15, 0.2) is 6.61 Å². The number of rotatable bonds is 4. The van der Waals surface area contributed by atoms with Crippen molar-refractivity contribution in [2.24, 2.45) is 0 Å². The third-order valence-electron chi connectivity index (χ3n) is 0.631.